The Balaban J connectivity index is 1.59. The van der Waals surface area contributed by atoms with Gasteiger partial charge in [-0.3, -0.25) is 0 Å². The first-order chi connectivity index (χ1) is 8.72. The van der Waals surface area contributed by atoms with Crippen molar-refractivity contribution in [3.05, 3.63) is 35.4 Å². The zero-order valence-electron chi connectivity index (χ0n) is 11.2. The Morgan fingerprint density at radius 1 is 1.39 bits per heavy atom. The van der Waals surface area contributed by atoms with Crippen LogP contribution in [0.1, 0.15) is 43.2 Å². The minimum absolute atomic E-state index is 0.0239. The molecule has 0 aromatic heterocycles. The van der Waals surface area contributed by atoms with E-state index in [4.69, 9.17) is 10.5 Å². The molecule has 0 heterocycles. The van der Waals surface area contributed by atoms with Crippen LogP contribution in [0, 0.1) is 5.92 Å². The van der Waals surface area contributed by atoms with Gasteiger partial charge in [-0.1, -0.05) is 31.2 Å². The molecule has 1 saturated carbocycles. The molecule has 2 aliphatic carbocycles. The highest BCUT2D eigenvalue weighted by molar-refractivity contribution is 5.39. The van der Waals surface area contributed by atoms with Gasteiger partial charge in [0.25, 0.3) is 0 Å². The molecule has 2 heteroatoms. The molecule has 3 rings (SSSR count). The van der Waals surface area contributed by atoms with E-state index in [0.717, 1.165) is 25.4 Å². The van der Waals surface area contributed by atoms with E-state index >= 15 is 0 Å². The van der Waals surface area contributed by atoms with Gasteiger partial charge >= 0.3 is 0 Å². The number of hydrogen-bond donors (Lipinski definition) is 1. The van der Waals surface area contributed by atoms with Crippen molar-refractivity contribution in [2.24, 2.45) is 11.7 Å². The van der Waals surface area contributed by atoms with Crippen LogP contribution in [-0.4, -0.2) is 18.8 Å². The molecule has 0 saturated heterocycles. The Morgan fingerprint density at radius 3 is 2.89 bits per heavy atom. The van der Waals surface area contributed by atoms with Crippen LogP contribution >= 0.6 is 0 Å². The highest BCUT2D eigenvalue weighted by Crippen LogP contribution is 2.40. The summed E-state index contributed by atoms with van der Waals surface area (Å²) in [6, 6.07) is 8.71. The van der Waals surface area contributed by atoms with Crippen LogP contribution in [0.4, 0.5) is 0 Å². The second-order valence-electron chi connectivity index (χ2n) is 6.15. The van der Waals surface area contributed by atoms with Gasteiger partial charge in [0.15, 0.2) is 0 Å². The number of nitrogens with two attached hydrogens (primary N) is 1. The summed E-state index contributed by atoms with van der Waals surface area (Å²) in [5, 5.41) is 0. The summed E-state index contributed by atoms with van der Waals surface area (Å²) in [5.74, 6) is 1.36. The molecule has 0 spiro atoms. The van der Waals surface area contributed by atoms with Gasteiger partial charge in [0.05, 0.1) is 12.2 Å². The van der Waals surface area contributed by atoms with Crippen LogP contribution in [0.5, 0.6) is 0 Å². The summed E-state index contributed by atoms with van der Waals surface area (Å²) < 4.78 is 6.25. The molecule has 2 nitrogen and oxygen atoms in total. The molecular formula is C16H23NO. The Bertz CT molecular complexity index is 431. The molecule has 98 valence electrons. The summed E-state index contributed by atoms with van der Waals surface area (Å²) >= 11 is 0. The zero-order valence-corrected chi connectivity index (χ0v) is 11.2. The first-order valence-corrected chi connectivity index (χ1v) is 7.14. The van der Waals surface area contributed by atoms with Crippen LogP contribution in [-0.2, 0) is 11.2 Å². The van der Waals surface area contributed by atoms with E-state index in [2.05, 4.69) is 31.2 Å². The van der Waals surface area contributed by atoms with Gasteiger partial charge in [0.1, 0.15) is 0 Å². The summed E-state index contributed by atoms with van der Waals surface area (Å²) in [6.45, 7) is 3.83. The van der Waals surface area contributed by atoms with Gasteiger partial charge in [-0.05, 0) is 42.7 Å². The molecule has 1 aromatic carbocycles. The Labute approximate surface area is 110 Å². The molecule has 0 bridgehead atoms. The second-order valence-corrected chi connectivity index (χ2v) is 6.15. The lowest BCUT2D eigenvalue weighted by molar-refractivity contribution is -0.0446. The minimum Gasteiger partial charge on any atom is -0.373 e. The number of hydrogen-bond acceptors (Lipinski definition) is 2. The topological polar surface area (TPSA) is 35.2 Å². The van der Waals surface area contributed by atoms with Gasteiger partial charge in [0, 0.05) is 12.5 Å². The average Bonchev–Trinajstić information content (AvgIpc) is 2.73. The molecule has 18 heavy (non-hydrogen) atoms. The van der Waals surface area contributed by atoms with Crippen molar-refractivity contribution < 1.29 is 4.74 Å². The lowest BCUT2D eigenvalue weighted by Crippen LogP contribution is -2.40. The summed E-state index contributed by atoms with van der Waals surface area (Å²) in [6.07, 6.45) is 4.71. The maximum Gasteiger partial charge on any atom is 0.0807 e. The van der Waals surface area contributed by atoms with E-state index in [-0.39, 0.29) is 5.60 Å². The van der Waals surface area contributed by atoms with Gasteiger partial charge in [-0.25, -0.2) is 0 Å². The fourth-order valence-corrected chi connectivity index (χ4v) is 3.51. The Hall–Kier alpha value is -0.860. The smallest absolute Gasteiger partial charge is 0.0807 e. The van der Waals surface area contributed by atoms with E-state index in [9.17, 15) is 0 Å². The van der Waals surface area contributed by atoms with E-state index in [1.54, 1.807) is 0 Å². The summed E-state index contributed by atoms with van der Waals surface area (Å²) in [4.78, 5) is 0. The van der Waals surface area contributed by atoms with E-state index in [1.807, 2.05) is 0 Å². The fraction of sp³-hybridized carbons (Fsp3) is 0.625. The van der Waals surface area contributed by atoms with Crippen LogP contribution < -0.4 is 5.73 Å². The third kappa shape index (κ3) is 2.08. The predicted octanol–water partition coefficient (Wildman–Crippen LogP) is 2.86. The predicted molar refractivity (Wildman–Crippen MR) is 73.6 cm³/mol. The lowest BCUT2D eigenvalue weighted by Gasteiger charge is -2.35. The van der Waals surface area contributed by atoms with Crippen molar-refractivity contribution in [1.29, 1.82) is 0 Å². The number of fused-ring (bicyclic) bond motifs is 1. The van der Waals surface area contributed by atoms with Crippen molar-refractivity contribution >= 4 is 0 Å². The van der Waals surface area contributed by atoms with Crippen LogP contribution in [0.3, 0.4) is 0 Å². The lowest BCUT2D eigenvalue weighted by atomic mass is 9.78. The Kier molecular flexibility index (Phi) is 3.16. The van der Waals surface area contributed by atoms with Crippen LogP contribution in [0.2, 0.25) is 0 Å². The van der Waals surface area contributed by atoms with E-state index < -0.39 is 0 Å². The molecule has 0 aliphatic heterocycles. The highest BCUT2D eigenvalue weighted by Gasteiger charge is 2.38. The molecule has 0 radical (unpaired) electrons. The molecular weight excluding hydrogens is 222 g/mol. The average molecular weight is 245 g/mol. The van der Waals surface area contributed by atoms with Crippen molar-refractivity contribution in [3.63, 3.8) is 0 Å². The number of rotatable bonds is 4. The van der Waals surface area contributed by atoms with Crippen molar-refractivity contribution in [3.8, 4) is 0 Å². The zero-order chi connectivity index (χ0) is 12.6. The molecule has 2 aliphatic rings. The molecule has 1 fully saturated rings. The number of ether oxygens (including phenoxy) is 1. The third-order valence-corrected chi connectivity index (χ3v) is 4.74. The largest absolute Gasteiger partial charge is 0.373 e. The van der Waals surface area contributed by atoms with Crippen LogP contribution in [0.25, 0.3) is 0 Å². The summed E-state index contributed by atoms with van der Waals surface area (Å²) in [5.41, 5.74) is 8.90. The SMILES string of the molecule is CC1CCC(CN)(OCC2Cc3ccccc32)C1. The van der Waals surface area contributed by atoms with Gasteiger partial charge in [-0.2, -0.15) is 0 Å². The second kappa shape index (κ2) is 4.67. The third-order valence-electron chi connectivity index (χ3n) is 4.74. The molecule has 3 atom stereocenters. The van der Waals surface area contributed by atoms with E-state index in [1.165, 1.54) is 24.0 Å². The first-order valence-electron chi connectivity index (χ1n) is 7.14. The first kappa shape index (κ1) is 12.2. The summed E-state index contributed by atoms with van der Waals surface area (Å²) in [7, 11) is 0. The Morgan fingerprint density at radius 2 is 2.22 bits per heavy atom. The minimum atomic E-state index is -0.0239. The maximum absolute atomic E-state index is 6.25. The van der Waals surface area contributed by atoms with Gasteiger partial charge < -0.3 is 10.5 Å². The molecule has 3 unspecified atom stereocenters. The highest BCUT2D eigenvalue weighted by atomic mass is 16.5. The van der Waals surface area contributed by atoms with Crippen molar-refractivity contribution in [2.75, 3.05) is 13.2 Å². The standard InChI is InChI=1S/C16H23NO/c1-12-6-7-16(9-12,11-17)18-10-14-8-13-4-2-3-5-15(13)14/h2-5,12,14H,6-11,17H2,1H3. The van der Waals surface area contributed by atoms with Gasteiger partial charge in [0.2, 0.25) is 0 Å². The molecule has 1 aromatic rings. The monoisotopic (exact) mass is 245 g/mol. The van der Waals surface area contributed by atoms with Crippen molar-refractivity contribution in [1.82, 2.24) is 0 Å². The normalized spacial score (nSPS) is 34.1. The number of benzene rings is 1. The molecule has 0 amide bonds. The van der Waals surface area contributed by atoms with Crippen LogP contribution in [0.15, 0.2) is 24.3 Å². The maximum atomic E-state index is 6.25. The van der Waals surface area contributed by atoms with Crippen molar-refractivity contribution in [2.45, 2.75) is 44.1 Å². The quantitative estimate of drug-likeness (QED) is 0.885. The fourth-order valence-electron chi connectivity index (χ4n) is 3.51. The van der Waals surface area contributed by atoms with E-state index in [0.29, 0.717) is 12.5 Å². The van der Waals surface area contributed by atoms with Gasteiger partial charge in [-0.15, -0.1) is 0 Å². The molecule has 2 N–H and O–H groups in total.